The van der Waals surface area contributed by atoms with Gasteiger partial charge in [-0.3, -0.25) is 0 Å². The number of para-hydroxylation sites is 2. The molecule has 25 heavy (non-hydrogen) atoms. The molecule has 0 aliphatic rings. The molecule has 4 aromatic rings. The number of H-pyrrole nitrogens is 2. The zero-order chi connectivity index (χ0) is 16.8. The standard InChI is InChI=1S/2C8H6N2O2.Be/c2*11-7-4-2-1-3-6(7)8-10-9-5-12-8;/h2*1-5,11H;/q;;+2. The van der Waals surface area contributed by atoms with Crippen molar-refractivity contribution in [1.29, 1.82) is 0 Å². The van der Waals surface area contributed by atoms with Gasteiger partial charge in [-0.25, -0.2) is 0 Å². The topological polar surface area (TPSA) is 126 Å². The van der Waals surface area contributed by atoms with Gasteiger partial charge in [0.05, 0.1) is 11.1 Å². The van der Waals surface area contributed by atoms with Crippen LogP contribution < -0.4 is 20.4 Å². The molecule has 0 radical (unpaired) electrons. The molecule has 0 aliphatic heterocycles. The maximum absolute atomic E-state index is 11.2. The minimum atomic E-state index is -0.0782. The van der Waals surface area contributed by atoms with Crippen LogP contribution in [-0.4, -0.2) is 20.3 Å². The van der Waals surface area contributed by atoms with Crippen LogP contribution in [0, 0.1) is 0 Å². The Balaban J connectivity index is 0.000000173. The van der Waals surface area contributed by atoms with Crippen LogP contribution in [0.1, 0.15) is 0 Å². The molecular weight excluding hydrogens is 321 g/mol. The molecule has 0 amide bonds. The number of aromatic nitrogens is 4. The van der Waals surface area contributed by atoms with Crippen LogP contribution in [0.15, 0.2) is 70.2 Å². The van der Waals surface area contributed by atoms with E-state index in [1.807, 2.05) is 0 Å². The first-order valence-corrected chi connectivity index (χ1v) is 6.91. The first kappa shape index (κ1) is 17.8. The van der Waals surface area contributed by atoms with Crippen molar-refractivity contribution >= 4 is 10.1 Å². The van der Waals surface area contributed by atoms with Crippen molar-refractivity contribution in [3.63, 3.8) is 0 Å². The van der Waals surface area contributed by atoms with Gasteiger partial charge < -0.3 is 19.0 Å². The monoisotopic (exact) mass is 333 g/mol. The molecule has 120 valence electrons. The van der Waals surface area contributed by atoms with Crippen molar-refractivity contribution < 1.29 is 29.2 Å². The zero-order valence-corrected chi connectivity index (χ0v) is 13.0. The van der Waals surface area contributed by atoms with Gasteiger partial charge in [0.15, 0.2) is 0 Å². The second kappa shape index (κ2) is 8.37. The van der Waals surface area contributed by atoms with E-state index in [0.29, 0.717) is 22.9 Å². The first-order valence-electron chi connectivity index (χ1n) is 6.91. The summed E-state index contributed by atoms with van der Waals surface area (Å²) in [5.41, 5.74) is 0.991. The fourth-order valence-corrected chi connectivity index (χ4v) is 1.94. The molecule has 0 fully saturated rings. The minimum absolute atomic E-state index is 0. The normalized spacial score (nSPS) is 9.60. The molecule has 0 saturated carbocycles. The number of hydrogen-bond acceptors (Lipinski definition) is 6. The van der Waals surface area contributed by atoms with Gasteiger partial charge in [0.25, 0.3) is 12.8 Å². The molecule has 0 unspecified atom stereocenters. The molecule has 8 nitrogen and oxygen atoms in total. The van der Waals surface area contributed by atoms with Gasteiger partial charge in [0.2, 0.25) is 0 Å². The van der Waals surface area contributed by atoms with Gasteiger partial charge in [0, 0.05) is 10.2 Å². The van der Waals surface area contributed by atoms with Gasteiger partial charge in [-0.1, -0.05) is 58.1 Å². The fraction of sp³-hybridized carbons (Fsp3) is 0. The Hall–Kier alpha value is -3.51. The third-order valence-electron chi connectivity index (χ3n) is 3.04. The van der Waals surface area contributed by atoms with Crippen LogP contribution in [-0.2, 0) is 0 Å². The molecule has 2 aromatic heterocycles. The molecule has 0 saturated heterocycles. The van der Waals surface area contributed by atoms with Crippen LogP contribution in [0.2, 0.25) is 0 Å². The van der Waals surface area contributed by atoms with Crippen molar-refractivity contribution in [2.24, 2.45) is 0 Å². The van der Waals surface area contributed by atoms with Gasteiger partial charge >= 0.3 is 21.9 Å². The second-order valence-corrected chi connectivity index (χ2v) is 4.58. The van der Waals surface area contributed by atoms with Gasteiger partial charge in [-0.15, -0.1) is 0 Å². The Morgan fingerprint density at radius 2 is 1.08 bits per heavy atom. The molecule has 2 heterocycles. The third-order valence-corrected chi connectivity index (χ3v) is 3.04. The number of rotatable bonds is 2. The minimum Gasteiger partial charge on any atom is -0.872 e. The summed E-state index contributed by atoms with van der Waals surface area (Å²) in [6.45, 7) is 0. The molecule has 0 aliphatic carbocycles. The number of benzene rings is 2. The van der Waals surface area contributed by atoms with Crippen molar-refractivity contribution in [2.45, 2.75) is 0 Å². The Labute approximate surface area is 146 Å². The molecule has 0 bridgehead atoms. The van der Waals surface area contributed by atoms with Crippen LogP contribution in [0.25, 0.3) is 22.9 Å². The molecule has 4 rings (SSSR count). The largest absolute Gasteiger partial charge is 2.00 e. The molecular formula is C16H12BeN4O4+2. The summed E-state index contributed by atoms with van der Waals surface area (Å²) < 4.78 is 9.87. The van der Waals surface area contributed by atoms with Crippen LogP contribution >= 0.6 is 0 Å². The maximum atomic E-state index is 11.2. The molecule has 0 atom stereocenters. The molecule has 9 heteroatoms. The Morgan fingerprint density at radius 1 is 0.680 bits per heavy atom. The van der Waals surface area contributed by atoms with Gasteiger partial charge in [-0.05, 0) is 12.1 Å². The van der Waals surface area contributed by atoms with Crippen molar-refractivity contribution in [1.82, 2.24) is 10.2 Å². The number of nitrogens with zero attached hydrogens (tertiary/aromatic N) is 2. The van der Waals surface area contributed by atoms with E-state index in [1.165, 1.54) is 24.9 Å². The second-order valence-electron chi connectivity index (χ2n) is 4.58. The summed E-state index contributed by atoms with van der Waals surface area (Å²) in [5.74, 6) is 0.622. The summed E-state index contributed by atoms with van der Waals surface area (Å²) in [6.07, 6.45) is 2.50. The van der Waals surface area contributed by atoms with Crippen molar-refractivity contribution in [3.8, 4) is 34.4 Å². The van der Waals surface area contributed by atoms with Crippen molar-refractivity contribution in [3.05, 3.63) is 61.3 Å². The van der Waals surface area contributed by atoms with Gasteiger partial charge in [0.1, 0.15) is 0 Å². The molecule has 0 spiro atoms. The predicted octanol–water partition coefficient (Wildman–Crippen LogP) is 0.0778. The Kier molecular flexibility index (Phi) is 5.97. The van der Waals surface area contributed by atoms with E-state index in [4.69, 9.17) is 8.83 Å². The summed E-state index contributed by atoms with van der Waals surface area (Å²) in [7, 11) is 0. The van der Waals surface area contributed by atoms with E-state index < -0.39 is 0 Å². The summed E-state index contributed by atoms with van der Waals surface area (Å²) in [5, 5.41) is 34.8. The van der Waals surface area contributed by atoms with Crippen LogP contribution in [0.5, 0.6) is 11.5 Å². The SMILES string of the molecule is [Be+2].[O-]c1ccccc1-c1[nH+]nco1.[O-]c1ccccc1-c1[nH+]nco1. The van der Waals surface area contributed by atoms with E-state index in [-0.39, 0.29) is 21.6 Å². The maximum Gasteiger partial charge on any atom is 2.00 e. The third kappa shape index (κ3) is 4.27. The Bertz CT molecular complexity index is 822. The van der Waals surface area contributed by atoms with Crippen LogP contribution in [0.3, 0.4) is 0 Å². The van der Waals surface area contributed by atoms with E-state index >= 15 is 0 Å². The number of hydrogen-bond donors (Lipinski definition) is 0. The number of nitrogens with one attached hydrogen (secondary N) is 2. The van der Waals surface area contributed by atoms with Crippen molar-refractivity contribution in [2.75, 3.05) is 0 Å². The smallest absolute Gasteiger partial charge is 0.872 e. The van der Waals surface area contributed by atoms with Gasteiger partial charge in [-0.2, -0.15) is 0 Å². The quantitative estimate of drug-likeness (QED) is 0.478. The fourth-order valence-electron chi connectivity index (χ4n) is 1.94. The summed E-state index contributed by atoms with van der Waals surface area (Å²) >= 11 is 0. The molecule has 2 N–H and O–H groups in total. The number of aromatic amines is 2. The Morgan fingerprint density at radius 3 is 1.40 bits per heavy atom. The average molecular weight is 333 g/mol. The van der Waals surface area contributed by atoms with Crippen LogP contribution in [0.4, 0.5) is 0 Å². The van der Waals surface area contributed by atoms with E-state index in [1.54, 1.807) is 36.4 Å². The van der Waals surface area contributed by atoms with E-state index in [2.05, 4.69) is 20.4 Å². The van der Waals surface area contributed by atoms with E-state index in [9.17, 15) is 10.2 Å². The first-order chi connectivity index (χ1) is 11.8. The molecule has 2 aromatic carbocycles. The summed E-state index contributed by atoms with van der Waals surface area (Å²) in [6, 6.07) is 13.2. The average Bonchev–Trinajstić information content (AvgIpc) is 3.30. The summed E-state index contributed by atoms with van der Waals surface area (Å²) in [4.78, 5) is 0. The predicted molar refractivity (Wildman–Crippen MR) is 81.6 cm³/mol. The van der Waals surface area contributed by atoms with E-state index in [0.717, 1.165) is 0 Å². The zero-order valence-electron chi connectivity index (χ0n) is 13.0.